The molecule has 0 spiro atoms. The average molecular weight is 423 g/mol. The molecule has 1 fully saturated rings. The van der Waals surface area contributed by atoms with Gasteiger partial charge >= 0.3 is 12.0 Å². The zero-order chi connectivity index (χ0) is 22.4. The Hall–Kier alpha value is -3.68. The number of anilines is 2. The van der Waals surface area contributed by atoms with Gasteiger partial charge < -0.3 is 15.0 Å². The molecular formula is C23H25N3O5. The molecule has 1 aliphatic rings. The Labute approximate surface area is 180 Å². The molecule has 8 nitrogen and oxygen atoms in total. The van der Waals surface area contributed by atoms with Gasteiger partial charge in [0, 0.05) is 24.3 Å². The molecule has 1 saturated heterocycles. The standard InChI is InChI=1S/C23H25N3O5/c1-15-6-9-18(13-16(15)2)24-23(30)25-20(27)14-31-22(29)17-7-10-19(11-8-17)26-12-4-3-5-21(26)28/h6-11,13H,3-5,12,14H2,1-2H3,(H2,24,25,27,30). The highest BCUT2D eigenvalue weighted by Gasteiger charge is 2.20. The summed E-state index contributed by atoms with van der Waals surface area (Å²) >= 11 is 0. The second-order valence-corrected chi connectivity index (χ2v) is 7.43. The number of esters is 1. The fourth-order valence-electron chi connectivity index (χ4n) is 3.22. The van der Waals surface area contributed by atoms with Crippen LogP contribution in [0.3, 0.4) is 0 Å². The Kier molecular flexibility index (Phi) is 7.02. The summed E-state index contributed by atoms with van der Waals surface area (Å²) in [7, 11) is 0. The Morgan fingerprint density at radius 3 is 2.42 bits per heavy atom. The molecule has 1 heterocycles. The van der Waals surface area contributed by atoms with Crippen molar-refractivity contribution in [3.63, 3.8) is 0 Å². The van der Waals surface area contributed by atoms with Crippen LogP contribution in [0.25, 0.3) is 0 Å². The van der Waals surface area contributed by atoms with E-state index < -0.39 is 24.5 Å². The molecule has 162 valence electrons. The predicted molar refractivity (Wildman–Crippen MR) is 116 cm³/mol. The van der Waals surface area contributed by atoms with Crippen LogP contribution in [0.1, 0.15) is 40.7 Å². The van der Waals surface area contributed by atoms with E-state index >= 15 is 0 Å². The van der Waals surface area contributed by atoms with E-state index in [1.165, 1.54) is 0 Å². The van der Waals surface area contributed by atoms with E-state index in [1.54, 1.807) is 41.3 Å². The number of amides is 4. The van der Waals surface area contributed by atoms with Gasteiger partial charge in [-0.15, -0.1) is 0 Å². The lowest BCUT2D eigenvalue weighted by atomic mass is 10.1. The maximum absolute atomic E-state index is 12.2. The molecule has 1 aliphatic heterocycles. The van der Waals surface area contributed by atoms with Crippen molar-refractivity contribution in [1.82, 2.24) is 5.32 Å². The third-order valence-corrected chi connectivity index (χ3v) is 5.09. The zero-order valence-corrected chi connectivity index (χ0v) is 17.6. The molecule has 0 aromatic heterocycles. The molecule has 0 saturated carbocycles. The number of ether oxygens (including phenoxy) is 1. The van der Waals surface area contributed by atoms with Crippen LogP contribution in [0.4, 0.5) is 16.2 Å². The van der Waals surface area contributed by atoms with Crippen molar-refractivity contribution in [2.24, 2.45) is 0 Å². The fourth-order valence-corrected chi connectivity index (χ4v) is 3.22. The van der Waals surface area contributed by atoms with Crippen LogP contribution in [0.5, 0.6) is 0 Å². The lowest BCUT2D eigenvalue weighted by molar-refractivity contribution is -0.123. The van der Waals surface area contributed by atoms with Crippen molar-refractivity contribution in [1.29, 1.82) is 0 Å². The van der Waals surface area contributed by atoms with Crippen molar-refractivity contribution in [3.8, 4) is 0 Å². The van der Waals surface area contributed by atoms with Gasteiger partial charge in [-0.25, -0.2) is 9.59 Å². The molecule has 0 atom stereocenters. The summed E-state index contributed by atoms with van der Waals surface area (Å²) in [6.45, 7) is 3.94. The zero-order valence-electron chi connectivity index (χ0n) is 17.6. The largest absolute Gasteiger partial charge is 0.452 e. The topological polar surface area (TPSA) is 105 Å². The first-order valence-electron chi connectivity index (χ1n) is 10.1. The number of carbonyl (C=O) groups excluding carboxylic acids is 4. The number of urea groups is 1. The van der Waals surface area contributed by atoms with Crippen LogP contribution in [0, 0.1) is 13.8 Å². The van der Waals surface area contributed by atoms with E-state index in [-0.39, 0.29) is 11.5 Å². The summed E-state index contributed by atoms with van der Waals surface area (Å²) in [5, 5.41) is 4.67. The number of benzene rings is 2. The highest BCUT2D eigenvalue weighted by atomic mass is 16.5. The van der Waals surface area contributed by atoms with Gasteiger partial charge in [0.15, 0.2) is 6.61 Å². The van der Waals surface area contributed by atoms with Gasteiger partial charge in [0.25, 0.3) is 5.91 Å². The summed E-state index contributed by atoms with van der Waals surface area (Å²) in [6, 6.07) is 11.1. The summed E-state index contributed by atoms with van der Waals surface area (Å²) < 4.78 is 4.97. The van der Waals surface area contributed by atoms with Gasteiger partial charge in [-0.05, 0) is 74.2 Å². The first-order chi connectivity index (χ1) is 14.8. The third-order valence-electron chi connectivity index (χ3n) is 5.09. The number of hydrogen-bond acceptors (Lipinski definition) is 5. The van der Waals surface area contributed by atoms with Gasteiger partial charge in [-0.2, -0.15) is 0 Å². The minimum Gasteiger partial charge on any atom is -0.452 e. The van der Waals surface area contributed by atoms with E-state index in [0.29, 0.717) is 18.7 Å². The predicted octanol–water partition coefficient (Wildman–Crippen LogP) is 3.33. The van der Waals surface area contributed by atoms with Crippen molar-refractivity contribution in [2.75, 3.05) is 23.4 Å². The van der Waals surface area contributed by atoms with E-state index in [1.807, 2.05) is 19.9 Å². The molecule has 3 rings (SSSR count). The minimum absolute atomic E-state index is 0.0670. The van der Waals surface area contributed by atoms with Gasteiger partial charge in [-0.1, -0.05) is 6.07 Å². The van der Waals surface area contributed by atoms with Gasteiger partial charge in [0.2, 0.25) is 5.91 Å². The summed E-state index contributed by atoms with van der Waals surface area (Å²) in [4.78, 5) is 49.7. The molecule has 2 aromatic rings. The minimum atomic E-state index is -0.745. The maximum atomic E-state index is 12.2. The molecule has 2 aromatic carbocycles. The van der Waals surface area contributed by atoms with Crippen molar-refractivity contribution < 1.29 is 23.9 Å². The van der Waals surface area contributed by atoms with Crippen LogP contribution in [0.15, 0.2) is 42.5 Å². The molecule has 4 amide bonds. The van der Waals surface area contributed by atoms with E-state index in [4.69, 9.17) is 4.74 Å². The van der Waals surface area contributed by atoms with E-state index in [0.717, 1.165) is 29.7 Å². The lowest BCUT2D eigenvalue weighted by Crippen LogP contribution is -2.37. The Morgan fingerprint density at radius 1 is 1.00 bits per heavy atom. The van der Waals surface area contributed by atoms with E-state index in [9.17, 15) is 19.2 Å². The van der Waals surface area contributed by atoms with Crippen molar-refractivity contribution in [3.05, 3.63) is 59.2 Å². The maximum Gasteiger partial charge on any atom is 0.338 e. The van der Waals surface area contributed by atoms with Gasteiger partial charge in [0.05, 0.1) is 5.56 Å². The number of piperidine rings is 1. The molecular weight excluding hydrogens is 398 g/mol. The highest BCUT2D eigenvalue weighted by Crippen LogP contribution is 2.21. The fraction of sp³-hybridized carbons (Fsp3) is 0.304. The molecule has 0 aliphatic carbocycles. The van der Waals surface area contributed by atoms with Crippen LogP contribution >= 0.6 is 0 Å². The third kappa shape index (κ3) is 5.91. The number of rotatable bonds is 5. The van der Waals surface area contributed by atoms with Crippen molar-refractivity contribution in [2.45, 2.75) is 33.1 Å². The number of carbonyl (C=O) groups is 4. The van der Waals surface area contributed by atoms with Crippen LogP contribution in [0.2, 0.25) is 0 Å². The Bertz CT molecular complexity index is 1000. The number of aryl methyl sites for hydroxylation is 2. The first-order valence-corrected chi connectivity index (χ1v) is 10.1. The molecule has 0 unspecified atom stereocenters. The number of imide groups is 1. The summed E-state index contributed by atoms with van der Waals surface area (Å²) in [5.41, 5.74) is 3.62. The quantitative estimate of drug-likeness (QED) is 0.718. The Balaban J connectivity index is 1.47. The van der Waals surface area contributed by atoms with Crippen LogP contribution in [-0.2, 0) is 14.3 Å². The Morgan fingerprint density at radius 2 is 1.74 bits per heavy atom. The van der Waals surface area contributed by atoms with E-state index in [2.05, 4.69) is 10.6 Å². The first kappa shape index (κ1) is 22.0. The second-order valence-electron chi connectivity index (χ2n) is 7.43. The number of nitrogens with one attached hydrogen (secondary N) is 2. The molecule has 31 heavy (non-hydrogen) atoms. The molecule has 0 radical (unpaired) electrons. The molecule has 2 N–H and O–H groups in total. The van der Waals surface area contributed by atoms with Gasteiger partial charge in [0.1, 0.15) is 0 Å². The van der Waals surface area contributed by atoms with Crippen LogP contribution < -0.4 is 15.5 Å². The lowest BCUT2D eigenvalue weighted by Gasteiger charge is -2.26. The van der Waals surface area contributed by atoms with Crippen molar-refractivity contribution >= 4 is 35.2 Å². The molecule has 8 heteroatoms. The SMILES string of the molecule is Cc1ccc(NC(=O)NC(=O)COC(=O)c2ccc(N3CCCCC3=O)cc2)cc1C. The summed E-state index contributed by atoms with van der Waals surface area (Å²) in [6.07, 6.45) is 2.36. The van der Waals surface area contributed by atoms with Crippen LogP contribution in [-0.4, -0.2) is 37.0 Å². The highest BCUT2D eigenvalue weighted by molar-refractivity contribution is 6.02. The number of hydrogen-bond donors (Lipinski definition) is 2. The summed E-state index contributed by atoms with van der Waals surface area (Å²) in [5.74, 6) is -1.37. The smallest absolute Gasteiger partial charge is 0.338 e. The average Bonchev–Trinajstić information content (AvgIpc) is 2.75. The number of nitrogens with zero attached hydrogens (tertiary/aromatic N) is 1. The molecule has 0 bridgehead atoms. The normalized spacial score (nSPS) is 13.5. The second kappa shape index (κ2) is 9.88. The monoisotopic (exact) mass is 423 g/mol. The van der Waals surface area contributed by atoms with Gasteiger partial charge in [-0.3, -0.25) is 14.9 Å².